The summed E-state index contributed by atoms with van der Waals surface area (Å²) in [6.07, 6.45) is 8.71. The van der Waals surface area contributed by atoms with Crippen molar-refractivity contribution in [2.45, 2.75) is 38.5 Å². The standard InChI is InChI=1S/C19H27FN2O3S/c1-26(24,25)22(12-10-16-6-3-2-4-7-16)13-11-21-19(23)15-17-8-5-9-18(20)14-17/h5-6,8-9,14H,2-4,7,10-13,15H2,1H3,(H,21,23). The quantitative estimate of drug-likeness (QED) is 0.668. The highest BCUT2D eigenvalue weighted by molar-refractivity contribution is 7.88. The Labute approximate surface area is 155 Å². The molecule has 0 heterocycles. The van der Waals surface area contributed by atoms with Gasteiger partial charge in [-0.1, -0.05) is 23.8 Å². The second kappa shape index (κ2) is 9.83. The first kappa shape index (κ1) is 20.6. The largest absolute Gasteiger partial charge is 0.354 e. The van der Waals surface area contributed by atoms with E-state index in [9.17, 15) is 17.6 Å². The maximum absolute atomic E-state index is 13.1. The number of rotatable bonds is 9. The molecule has 1 aliphatic carbocycles. The van der Waals surface area contributed by atoms with Crippen LogP contribution in [0.4, 0.5) is 4.39 Å². The number of benzene rings is 1. The van der Waals surface area contributed by atoms with Gasteiger partial charge in [0.2, 0.25) is 15.9 Å². The fourth-order valence-corrected chi connectivity index (χ4v) is 3.90. The molecule has 1 N–H and O–H groups in total. The number of halogens is 1. The lowest BCUT2D eigenvalue weighted by atomic mass is 9.97. The normalized spacial score (nSPS) is 15.0. The van der Waals surface area contributed by atoms with Gasteiger partial charge in [-0.05, 0) is 49.8 Å². The van der Waals surface area contributed by atoms with Crippen LogP contribution in [0.25, 0.3) is 0 Å². The van der Waals surface area contributed by atoms with E-state index in [0.717, 1.165) is 19.3 Å². The summed E-state index contributed by atoms with van der Waals surface area (Å²) in [7, 11) is -3.32. The van der Waals surface area contributed by atoms with Crippen LogP contribution in [-0.2, 0) is 21.2 Å². The average Bonchev–Trinajstić information content (AvgIpc) is 2.57. The molecule has 5 nitrogen and oxygen atoms in total. The van der Waals surface area contributed by atoms with Gasteiger partial charge in [0.1, 0.15) is 5.82 Å². The average molecular weight is 383 g/mol. The summed E-state index contributed by atoms with van der Waals surface area (Å²) in [6, 6.07) is 5.89. The lowest BCUT2D eigenvalue weighted by Crippen LogP contribution is -2.39. The molecule has 0 atom stereocenters. The van der Waals surface area contributed by atoms with Crippen LogP contribution in [0.1, 0.15) is 37.7 Å². The molecule has 7 heteroatoms. The van der Waals surface area contributed by atoms with E-state index in [2.05, 4.69) is 11.4 Å². The van der Waals surface area contributed by atoms with E-state index in [-0.39, 0.29) is 31.2 Å². The molecule has 0 aromatic heterocycles. The summed E-state index contributed by atoms with van der Waals surface area (Å²) >= 11 is 0. The zero-order valence-corrected chi connectivity index (χ0v) is 16.0. The maximum Gasteiger partial charge on any atom is 0.224 e. The number of nitrogens with zero attached hydrogens (tertiary/aromatic N) is 1. The smallest absolute Gasteiger partial charge is 0.224 e. The summed E-state index contributed by atoms with van der Waals surface area (Å²) < 4.78 is 38.5. The molecule has 0 spiro atoms. The molecular weight excluding hydrogens is 355 g/mol. The first-order valence-electron chi connectivity index (χ1n) is 8.99. The predicted octanol–water partition coefficient (Wildman–Crippen LogP) is 2.64. The van der Waals surface area contributed by atoms with Gasteiger partial charge >= 0.3 is 0 Å². The second-order valence-electron chi connectivity index (χ2n) is 6.68. The van der Waals surface area contributed by atoms with Crippen LogP contribution in [0.2, 0.25) is 0 Å². The minimum Gasteiger partial charge on any atom is -0.354 e. The van der Waals surface area contributed by atoms with Gasteiger partial charge in [-0.15, -0.1) is 0 Å². The van der Waals surface area contributed by atoms with E-state index >= 15 is 0 Å². The first-order valence-corrected chi connectivity index (χ1v) is 10.8. The highest BCUT2D eigenvalue weighted by Crippen LogP contribution is 2.20. The van der Waals surface area contributed by atoms with Gasteiger partial charge in [0, 0.05) is 19.6 Å². The molecule has 1 amide bonds. The monoisotopic (exact) mass is 382 g/mol. The van der Waals surface area contributed by atoms with Gasteiger partial charge in [-0.25, -0.2) is 17.1 Å². The minimum atomic E-state index is -3.32. The summed E-state index contributed by atoms with van der Waals surface area (Å²) in [5, 5.41) is 2.71. The summed E-state index contributed by atoms with van der Waals surface area (Å²) in [4.78, 5) is 11.9. The number of amides is 1. The lowest BCUT2D eigenvalue weighted by Gasteiger charge is -2.22. The molecule has 1 aromatic carbocycles. The fraction of sp³-hybridized carbons (Fsp3) is 0.526. The summed E-state index contributed by atoms with van der Waals surface area (Å²) in [6.45, 7) is 0.908. The van der Waals surface area contributed by atoms with E-state index in [1.807, 2.05) is 0 Å². The molecular formula is C19H27FN2O3S. The van der Waals surface area contributed by atoms with Gasteiger partial charge in [-0.2, -0.15) is 0 Å². The predicted molar refractivity (Wildman–Crippen MR) is 101 cm³/mol. The van der Waals surface area contributed by atoms with E-state index in [4.69, 9.17) is 0 Å². The van der Waals surface area contributed by atoms with Crippen LogP contribution in [0.15, 0.2) is 35.9 Å². The van der Waals surface area contributed by atoms with Crippen molar-refractivity contribution >= 4 is 15.9 Å². The van der Waals surface area contributed by atoms with Crippen LogP contribution < -0.4 is 5.32 Å². The Morgan fingerprint density at radius 3 is 2.73 bits per heavy atom. The van der Waals surface area contributed by atoms with Crippen LogP contribution in [0.5, 0.6) is 0 Å². The van der Waals surface area contributed by atoms with Crippen molar-refractivity contribution in [2.24, 2.45) is 0 Å². The number of nitrogens with one attached hydrogen (secondary N) is 1. The summed E-state index contributed by atoms with van der Waals surface area (Å²) in [5.41, 5.74) is 1.91. The van der Waals surface area contributed by atoms with Gasteiger partial charge in [-0.3, -0.25) is 4.79 Å². The number of hydrogen-bond acceptors (Lipinski definition) is 3. The van der Waals surface area contributed by atoms with Crippen LogP contribution in [0, 0.1) is 5.82 Å². The van der Waals surface area contributed by atoms with Crippen LogP contribution in [0.3, 0.4) is 0 Å². The van der Waals surface area contributed by atoms with Crippen LogP contribution >= 0.6 is 0 Å². The topological polar surface area (TPSA) is 66.5 Å². The van der Waals surface area contributed by atoms with Crippen molar-refractivity contribution in [3.8, 4) is 0 Å². The van der Waals surface area contributed by atoms with Gasteiger partial charge in [0.15, 0.2) is 0 Å². The van der Waals surface area contributed by atoms with Crippen molar-refractivity contribution < 1.29 is 17.6 Å². The molecule has 144 valence electrons. The van der Waals surface area contributed by atoms with Crippen molar-refractivity contribution in [3.63, 3.8) is 0 Å². The van der Waals surface area contributed by atoms with E-state index in [0.29, 0.717) is 12.1 Å². The maximum atomic E-state index is 13.1. The molecule has 1 aliphatic rings. The molecule has 1 aromatic rings. The number of hydrogen-bond donors (Lipinski definition) is 1. The van der Waals surface area contributed by atoms with Gasteiger partial charge in [0.05, 0.1) is 12.7 Å². The van der Waals surface area contributed by atoms with Crippen molar-refractivity contribution in [1.82, 2.24) is 9.62 Å². The third kappa shape index (κ3) is 7.25. The fourth-order valence-electron chi connectivity index (χ4n) is 3.06. The van der Waals surface area contributed by atoms with Crippen molar-refractivity contribution in [2.75, 3.05) is 25.9 Å². The molecule has 0 radical (unpaired) electrons. The summed E-state index contributed by atoms with van der Waals surface area (Å²) in [5.74, 6) is -0.630. The highest BCUT2D eigenvalue weighted by Gasteiger charge is 2.17. The van der Waals surface area contributed by atoms with Gasteiger partial charge in [0.25, 0.3) is 0 Å². The Kier molecular flexibility index (Phi) is 7.78. The highest BCUT2D eigenvalue weighted by atomic mass is 32.2. The Morgan fingerprint density at radius 2 is 2.08 bits per heavy atom. The van der Waals surface area contributed by atoms with Gasteiger partial charge < -0.3 is 5.32 Å². The Hall–Kier alpha value is -1.73. The number of sulfonamides is 1. The molecule has 0 aliphatic heterocycles. The zero-order chi connectivity index (χ0) is 19.0. The third-order valence-corrected chi connectivity index (χ3v) is 5.78. The SMILES string of the molecule is CS(=O)(=O)N(CCNC(=O)Cc1cccc(F)c1)CCC1=CCCCC1. The lowest BCUT2D eigenvalue weighted by molar-refractivity contribution is -0.120. The number of allylic oxidation sites excluding steroid dienone is 1. The molecule has 26 heavy (non-hydrogen) atoms. The molecule has 0 fully saturated rings. The number of carbonyl (C=O) groups excluding carboxylic acids is 1. The third-order valence-electron chi connectivity index (χ3n) is 4.47. The first-order chi connectivity index (χ1) is 12.3. The molecule has 0 bridgehead atoms. The van der Waals surface area contributed by atoms with Crippen molar-refractivity contribution in [3.05, 3.63) is 47.3 Å². The van der Waals surface area contributed by atoms with Crippen molar-refractivity contribution in [1.29, 1.82) is 0 Å². The van der Waals surface area contributed by atoms with E-state index in [1.54, 1.807) is 12.1 Å². The molecule has 2 rings (SSSR count). The molecule has 0 saturated heterocycles. The van der Waals surface area contributed by atoms with E-state index < -0.39 is 10.0 Å². The zero-order valence-electron chi connectivity index (χ0n) is 15.2. The van der Waals surface area contributed by atoms with Crippen LogP contribution in [-0.4, -0.2) is 44.5 Å². The van der Waals surface area contributed by atoms with E-state index in [1.165, 1.54) is 41.1 Å². The second-order valence-corrected chi connectivity index (χ2v) is 8.66. The number of carbonyl (C=O) groups is 1. The minimum absolute atomic E-state index is 0.0729. The Balaban J connectivity index is 1.79. The molecule has 0 unspecified atom stereocenters. The molecule has 0 saturated carbocycles. The Morgan fingerprint density at radius 1 is 1.27 bits per heavy atom. The Bertz CT molecular complexity index is 747.